The lowest BCUT2D eigenvalue weighted by Crippen LogP contribution is -2.31. The Bertz CT molecular complexity index is 501. The minimum Gasteiger partial charge on any atom is -0.320 e. The molecule has 108 valence electrons. The van der Waals surface area contributed by atoms with E-state index < -0.39 is 0 Å². The molecule has 1 atom stereocenters. The van der Waals surface area contributed by atoms with Crippen LogP contribution in [0.4, 0.5) is 4.39 Å². The molecule has 0 radical (unpaired) electrons. The van der Waals surface area contributed by atoms with Crippen LogP contribution in [-0.4, -0.2) is 24.0 Å². The lowest BCUT2D eigenvalue weighted by Gasteiger charge is -2.27. The van der Waals surface area contributed by atoms with E-state index in [1.54, 1.807) is 0 Å². The number of nitrogens with two attached hydrogens (primary N) is 1. The Labute approximate surface area is 121 Å². The van der Waals surface area contributed by atoms with Gasteiger partial charge in [0.2, 0.25) is 0 Å². The standard InChI is InChI=1S/C17H23FN2/c1-14-6-3-2-4-11-20(14)13-15-8-9-17(18)16(12-15)7-5-10-19/h8-9,12,14H,2-4,6,10-11,13,19H2,1H3. The molecular formula is C17H23FN2. The molecule has 1 aliphatic heterocycles. The van der Waals surface area contributed by atoms with Crippen LogP contribution in [0.3, 0.4) is 0 Å². The fourth-order valence-electron chi connectivity index (χ4n) is 2.72. The molecule has 20 heavy (non-hydrogen) atoms. The van der Waals surface area contributed by atoms with Crippen LogP contribution in [0.15, 0.2) is 18.2 Å². The van der Waals surface area contributed by atoms with E-state index in [1.807, 2.05) is 12.1 Å². The van der Waals surface area contributed by atoms with Crippen molar-refractivity contribution in [1.82, 2.24) is 4.90 Å². The normalized spacial score (nSPS) is 20.1. The van der Waals surface area contributed by atoms with Gasteiger partial charge in [0.1, 0.15) is 5.82 Å². The third kappa shape index (κ3) is 4.06. The summed E-state index contributed by atoms with van der Waals surface area (Å²) in [6, 6.07) is 5.83. The Hall–Kier alpha value is -1.37. The molecule has 0 aliphatic carbocycles. The van der Waals surface area contributed by atoms with Gasteiger partial charge in [-0.15, -0.1) is 0 Å². The van der Waals surface area contributed by atoms with Crippen LogP contribution < -0.4 is 5.73 Å². The van der Waals surface area contributed by atoms with E-state index in [0.29, 0.717) is 11.6 Å². The molecule has 1 aromatic rings. The fraction of sp³-hybridized carbons (Fsp3) is 0.529. The van der Waals surface area contributed by atoms with Crippen molar-refractivity contribution in [2.45, 2.75) is 45.2 Å². The summed E-state index contributed by atoms with van der Waals surface area (Å²) < 4.78 is 13.7. The van der Waals surface area contributed by atoms with Gasteiger partial charge in [-0.2, -0.15) is 0 Å². The Balaban J connectivity index is 2.12. The molecule has 3 heteroatoms. The topological polar surface area (TPSA) is 29.3 Å². The maximum atomic E-state index is 13.7. The second-order valence-electron chi connectivity index (χ2n) is 5.49. The van der Waals surface area contributed by atoms with E-state index in [0.717, 1.165) is 18.7 Å². The van der Waals surface area contributed by atoms with Crippen molar-refractivity contribution in [2.24, 2.45) is 5.73 Å². The molecule has 1 saturated heterocycles. The summed E-state index contributed by atoms with van der Waals surface area (Å²) in [4.78, 5) is 2.49. The van der Waals surface area contributed by atoms with Crippen molar-refractivity contribution >= 4 is 0 Å². The summed E-state index contributed by atoms with van der Waals surface area (Å²) in [5, 5.41) is 0. The molecule has 0 spiro atoms. The molecule has 0 amide bonds. The quantitative estimate of drug-likeness (QED) is 0.840. The molecule has 1 fully saturated rings. The highest BCUT2D eigenvalue weighted by Gasteiger charge is 2.17. The highest BCUT2D eigenvalue weighted by molar-refractivity contribution is 5.38. The molecule has 0 bridgehead atoms. The summed E-state index contributed by atoms with van der Waals surface area (Å²) in [6.45, 7) is 4.54. The molecule has 1 aromatic carbocycles. The second-order valence-corrected chi connectivity index (χ2v) is 5.49. The van der Waals surface area contributed by atoms with Crippen LogP contribution in [-0.2, 0) is 6.54 Å². The first-order chi connectivity index (χ1) is 9.70. The predicted molar refractivity (Wildman–Crippen MR) is 80.7 cm³/mol. The van der Waals surface area contributed by atoms with Gasteiger partial charge in [0, 0.05) is 12.6 Å². The Morgan fingerprint density at radius 2 is 2.20 bits per heavy atom. The maximum absolute atomic E-state index is 13.7. The number of hydrogen-bond acceptors (Lipinski definition) is 2. The Kier molecular flexibility index (Phi) is 5.58. The lowest BCUT2D eigenvalue weighted by molar-refractivity contribution is 0.205. The molecule has 1 heterocycles. The first-order valence-electron chi connectivity index (χ1n) is 7.42. The van der Waals surface area contributed by atoms with Crippen LogP contribution in [0.1, 0.15) is 43.7 Å². The van der Waals surface area contributed by atoms with Crippen molar-refractivity contribution in [3.05, 3.63) is 35.1 Å². The zero-order chi connectivity index (χ0) is 14.4. The third-order valence-corrected chi connectivity index (χ3v) is 3.93. The summed E-state index contributed by atoms with van der Waals surface area (Å²) in [6.07, 6.45) is 5.14. The molecule has 2 rings (SSSR count). The van der Waals surface area contributed by atoms with Gasteiger partial charge in [-0.3, -0.25) is 4.90 Å². The van der Waals surface area contributed by atoms with Gasteiger partial charge in [-0.1, -0.05) is 30.7 Å². The van der Waals surface area contributed by atoms with E-state index in [1.165, 1.54) is 31.7 Å². The predicted octanol–water partition coefficient (Wildman–Crippen LogP) is 2.90. The van der Waals surface area contributed by atoms with Crippen molar-refractivity contribution in [3.63, 3.8) is 0 Å². The first kappa shape index (κ1) is 15.0. The average Bonchev–Trinajstić information content (AvgIpc) is 2.65. The van der Waals surface area contributed by atoms with Gasteiger partial charge >= 0.3 is 0 Å². The zero-order valence-electron chi connectivity index (χ0n) is 12.2. The van der Waals surface area contributed by atoms with E-state index in [9.17, 15) is 4.39 Å². The molecular weight excluding hydrogens is 251 g/mol. The van der Waals surface area contributed by atoms with Gasteiger partial charge in [0.25, 0.3) is 0 Å². The molecule has 0 aromatic heterocycles. The molecule has 1 unspecified atom stereocenters. The number of likely N-dealkylation sites (tertiary alicyclic amines) is 1. The third-order valence-electron chi connectivity index (χ3n) is 3.93. The number of nitrogens with zero attached hydrogens (tertiary/aromatic N) is 1. The number of rotatable bonds is 2. The van der Waals surface area contributed by atoms with E-state index in [4.69, 9.17) is 5.73 Å². The summed E-state index contributed by atoms with van der Waals surface area (Å²) in [5.41, 5.74) is 6.93. The van der Waals surface area contributed by atoms with Crippen LogP contribution in [0.25, 0.3) is 0 Å². The number of benzene rings is 1. The monoisotopic (exact) mass is 274 g/mol. The Morgan fingerprint density at radius 1 is 1.35 bits per heavy atom. The van der Waals surface area contributed by atoms with Crippen molar-refractivity contribution < 1.29 is 4.39 Å². The second kappa shape index (κ2) is 7.42. The molecule has 2 nitrogen and oxygen atoms in total. The van der Waals surface area contributed by atoms with Crippen LogP contribution in [0, 0.1) is 17.7 Å². The molecule has 1 aliphatic rings. The van der Waals surface area contributed by atoms with Crippen molar-refractivity contribution in [1.29, 1.82) is 0 Å². The smallest absolute Gasteiger partial charge is 0.138 e. The molecule has 0 saturated carbocycles. The van der Waals surface area contributed by atoms with Crippen molar-refractivity contribution in [3.8, 4) is 11.8 Å². The molecule has 2 N–H and O–H groups in total. The summed E-state index contributed by atoms with van der Waals surface area (Å²) in [5.74, 6) is 5.26. The number of halogens is 1. The Morgan fingerprint density at radius 3 is 3.00 bits per heavy atom. The fourth-order valence-corrected chi connectivity index (χ4v) is 2.72. The van der Waals surface area contributed by atoms with Crippen molar-refractivity contribution in [2.75, 3.05) is 13.1 Å². The first-order valence-corrected chi connectivity index (χ1v) is 7.42. The summed E-state index contributed by atoms with van der Waals surface area (Å²) in [7, 11) is 0. The SMILES string of the molecule is CC1CCCCCN1Cc1ccc(F)c(C#CCN)c1. The highest BCUT2D eigenvalue weighted by Crippen LogP contribution is 2.20. The van der Waals surface area contributed by atoms with Crippen LogP contribution >= 0.6 is 0 Å². The van der Waals surface area contributed by atoms with E-state index in [-0.39, 0.29) is 12.4 Å². The van der Waals surface area contributed by atoms with Gasteiger partial charge in [-0.25, -0.2) is 4.39 Å². The minimum absolute atomic E-state index is 0.257. The van der Waals surface area contributed by atoms with Gasteiger partial charge in [-0.05, 0) is 44.0 Å². The van der Waals surface area contributed by atoms with Crippen LogP contribution in [0.2, 0.25) is 0 Å². The average molecular weight is 274 g/mol. The van der Waals surface area contributed by atoms with E-state index in [2.05, 4.69) is 23.7 Å². The summed E-state index contributed by atoms with van der Waals surface area (Å²) >= 11 is 0. The minimum atomic E-state index is -0.265. The van der Waals surface area contributed by atoms with Gasteiger partial charge in [0.05, 0.1) is 12.1 Å². The highest BCUT2D eigenvalue weighted by atomic mass is 19.1. The van der Waals surface area contributed by atoms with Gasteiger partial charge in [0.15, 0.2) is 0 Å². The lowest BCUT2D eigenvalue weighted by atomic mass is 10.1. The maximum Gasteiger partial charge on any atom is 0.138 e. The zero-order valence-corrected chi connectivity index (χ0v) is 12.2. The number of hydrogen-bond donors (Lipinski definition) is 1. The van der Waals surface area contributed by atoms with Gasteiger partial charge < -0.3 is 5.73 Å². The van der Waals surface area contributed by atoms with E-state index >= 15 is 0 Å². The van der Waals surface area contributed by atoms with Crippen LogP contribution in [0.5, 0.6) is 0 Å². The largest absolute Gasteiger partial charge is 0.320 e.